The minimum Gasteiger partial charge on any atom is -0.462 e. The van der Waals surface area contributed by atoms with Crippen LogP contribution in [0.3, 0.4) is 0 Å². The van der Waals surface area contributed by atoms with Gasteiger partial charge in [-0.2, -0.15) is 0 Å². The van der Waals surface area contributed by atoms with Gasteiger partial charge in [-0.15, -0.1) is 0 Å². The lowest BCUT2D eigenvalue weighted by molar-refractivity contribution is -0.216. The van der Waals surface area contributed by atoms with E-state index in [1.165, 1.54) is 51.4 Å². The first-order chi connectivity index (χ1) is 25.1. The number of aliphatic hydroxyl groups is 4. The maximum atomic E-state index is 12.9. The summed E-state index contributed by atoms with van der Waals surface area (Å²) in [6.45, 7) is 1.49. The molecule has 0 aromatic heterocycles. The number of aliphatic hydroxyl groups excluding tert-OH is 4. The molecule has 1 aliphatic carbocycles. The molecule has 1 aliphatic rings. The molecule has 17 nitrogen and oxygen atoms in total. The van der Waals surface area contributed by atoms with Gasteiger partial charge < -0.3 is 50.3 Å². The molecule has 0 amide bonds. The van der Waals surface area contributed by atoms with Crippen molar-refractivity contribution in [3.63, 3.8) is 0 Å². The van der Waals surface area contributed by atoms with E-state index in [9.17, 15) is 44.0 Å². The van der Waals surface area contributed by atoms with Crippen molar-refractivity contribution in [1.29, 1.82) is 0 Å². The third kappa shape index (κ3) is 23.6. The highest BCUT2D eigenvalue weighted by atomic mass is 31.2. The second-order valence-electron chi connectivity index (χ2n) is 13.8. The van der Waals surface area contributed by atoms with E-state index >= 15 is 0 Å². The van der Waals surface area contributed by atoms with Crippen LogP contribution in [0.25, 0.3) is 0 Å². The maximum absolute atomic E-state index is 12.9. The minimum absolute atomic E-state index is 0.0429. The van der Waals surface area contributed by atoms with Gasteiger partial charge in [0.2, 0.25) is 0 Å². The van der Waals surface area contributed by atoms with Crippen molar-refractivity contribution >= 4 is 27.6 Å². The number of esters is 2. The van der Waals surface area contributed by atoms with E-state index in [4.69, 9.17) is 34.0 Å². The third-order valence-electron chi connectivity index (χ3n) is 9.03. The molecule has 1 rings (SSSR count). The number of hydrogen-bond acceptors (Lipinski definition) is 14. The minimum atomic E-state index is -5.35. The van der Waals surface area contributed by atoms with E-state index in [0.717, 1.165) is 57.8 Å². The molecule has 0 aliphatic heterocycles. The predicted octanol–water partition coefficient (Wildman–Crippen LogP) is 4.05. The Labute approximate surface area is 314 Å². The van der Waals surface area contributed by atoms with Crippen LogP contribution in [0.1, 0.15) is 142 Å². The summed E-state index contributed by atoms with van der Waals surface area (Å²) in [4.78, 5) is 53.7. The lowest BCUT2D eigenvalue weighted by atomic mass is 9.85. The summed E-state index contributed by atoms with van der Waals surface area (Å²) in [6.07, 6.45) is 5.18. The van der Waals surface area contributed by atoms with Crippen LogP contribution in [-0.2, 0) is 41.8 Å². The molecule has 1 fully saturated rings. The van der Waals surface area contributed by atoms with Crippen LogP contribution < -0.4 is 5.73 Å². The Morgan fingerprint density at radius 3 is 1.49 bits per heavy atom. The fourth-order valence-electron chi connectivity index (χ4n) is 5.98. The Hall–Kier alpha value is -1.04. The van der Waals surface area contributed by atoms with E-state index in [0.29, 0.717) is 19.4 Å². The molecule has 0 aromatic rings. The van der Waals surface area contributed by atoms with Gasteiger partial charge in [-0.1, -0.05) is 110 Å². The van der Waals surface area contributed by atoms with Crippen LogP contribution in [0.15, 0.2) is 0 Å². The zero-order valence-corrected chi connectivity index (χ0v) is 33.1. The first kappa shape index (κ1) is 50.0. The molecular formula is C34H67NO16P2. The fourth-order valence-corrected chi connectivity index (χ4v) is 7.52. The topological polar surface area (TPSA) is 282 Å². The normalized spacial score (nSPS) is 23.7. The molecule has 0 heterocycles. The van der Waals surface area contributed by atoms with Crippen molar-refractivity contribution in [2.45, 2.75) is 184 Å². The summed E-state index contributed by atoms with van der Waals surface area (Å²) in [6, 6.07) is 0. The highest BCUT2D eigenvalue weighted by Crippen LogP contribution is 2.49. The van der Waals surface area contributed by atoms with Crippen LogP contribution in [0.2, 0.25) is 0 Å². The first-order valence-corrected chi connectivity index (χ1v) is 22.3. The summed E-state index contributed by atoms with van der Waals surface area (Å²) in [7, 11) is -10.6. The Balaban J connectivity index is 2.67. The quantitative estimate of drug-likeness (QED) is 0.0270. The number of unbranched alkanes of at least 4 members (excludes halogenated alkanes) is 17. The Morgan fingerprint density at radius 1 is 0.585 bits per heavy atom. The lowest BCUT2D eigenvalue weighted by Gasteiger charge is -2.43. The van der Waals surface area contributed by atoms with E-state index < -0.39 is 83.5 Å². The van der Waals surface area contributed by atoms with Gasteiger partial charge in [0.15, 0.2) is 6.10 Å². The van der Waals surface area contributed by atoms with Crippen LogP contribution in [-0.4, -0.2) is 110 Å². The number of ether oxygens (including phenoxy) is 2. The molecule has 0 spiro atoms. The van der Waals surface area contributed by atoms with Crippen molar-refractivity contribution in [3.8, 4) is 0 Å². The van der Waals surface area contributed by atoms with Crippen molar-refractivity contribution < 1.29 is 76.9 Å². The zero-order chi connectivity index (χ0) is 39.7. The second-order valence-corrected chi connectivity index (χ2v) is 16.4. The number of hydrogen-bond donors (Lipinski definition) is 8. The standard InChI is InChI=1S/C34H67NO16P2/c1-2-3-4-5-6-7-8-9-10-11-12-16-19-22-28(37)49-26(24-47-27(36)21-18-15-13-14-17-20-23-35)25-48-53(45,46)51-34-31(40)29(38)30(39)33(32(34)41)50-52(42,43)44/h26,29-34,38-41H,2-25,35H2,1H3,(H,45,46)(H2,42,43,44)/t26-,29-,30?,31-,32?,33+,34?/m1/s1. The molecule has 314 valence electrons. The van der Waals surface area contributed by atoms with Crippen LogP contribution in [0, 0.1) is 0 Å². The number of carbonyl (C=O) groups excluding carboxylic acids is 2. The summed E-state index contributed by atoms with van der Waals surface area (Å²) < 4.78 is 48.9. The van der Waals surface area contributed by atoms with Crippen LogP contribution in [0.5, 0.6) is 0 Å². The van der Waals surface area contributed by atoms with Crippen molar-refractivity contribution in [3.05, 3.63) is 0 Å². The summed E-state index contributed by atoms with van der Waals surface area (Å²) in [5, 5.41) is 40.9. The highest BCUT2D eigenvalue weighted by molar-refractivity contribution is 7.47. The predicted molar refractivity (Wildman–Crippen MR) is 194 cm³/mol. The molecule has 0 saturated heterocycles. The molecule has 0 radical (unpaired) electrons. The number of phosphoric acid groups is 2. The number of rotatable bonds is 32. The molecule has 4 unspecified atom stereocenters. The van der Waals surface area contributed by atoms with Gasteiger partial charge >= 0.3 is 27.6 Å². The number of phosphoric ester groups is 2. The number of carbonyl (C=O) groups is 2. The van der Waals surface area contributed by atoms with Crippen LogP contribution >= 0.6 is 15.6 Å². The van der Waals surface area contributed by atoms with E-state index in [1.54, 1.807) is 0 Å². The van der Waals surface area contributed by atoms with Gasteiger partial charge in [-0.05, 0) is 25.8 Å². The molecule has 9 N–H and O–H groups in total. The highest BCUT2D eigenvalue weighted by Gasteiger charge is 2.54. The van der Waals surface area contributed by atoms with Gasteiger partial charge in [0.05, 0.1) is 6.61 Å². The van der Waals surface area contributed by atoms with Crippen molar-refractivity contribution in [1.82, 2.24) is 0 Å². The maximum Gasteiger partial charge on any atom is 0.472 e. The zero-order valence-electron chi connectivity index (χ0n) is 31.3. The Kier molecular flexibility index (Phi) is 26.8. The molecule has 19 heteroatoms. The van der Waals surface area contributed by atoms with E-state index in [-0.39, 0.29) is 12.8 Å². The molecule has 8 atom stereocenters. The summed E-state index contributed by atoms with van der Waals surface area (Å²) in [5.74, 6) is -1.23. The first-order valence-electron chi connectivity index (χ1n) is 19.3. The molecule has 1 saturated carbocycles. The fraction of sp³-hybridized carbons (Fsp3) is 0.941. The lowest BCUT2D eigenvalue weighted by Crippen LogP contribution is -2.64. The van der Waals surface area contributed by atoms with Gasteiger partial charge in [0.1, 0.15) is 43.2 Å². The van der Waals surface area contributed by atoms with E-state index in [2.05, 4.69) is 11.4 Å². The van der Waals surface area contributed by atoms with Gasteiger partial charge in [0.25, 0.3) is 0 Å². The Bertz CT molecular complexity index is 1080. The smallest absolute Gasteiger partial charge is 0.462 e. The average molecular weight is 808 g/mol. The van der Waals surface area contributed by atoms with Crippen molar-refractivity contribution in [2.75, 3.05) is 19.8 Å². The summed E-state index contributed by atoms with van der Waals surface area (Å²) in [5.41, 5.74) is 5.50. The Morgan fingerprint density at radius 2 is 1.02 bits per heavy atom. The summed E-state index contributed by atoms with van der Waals surface area (Å²) >= 11 is 0. The van der Waals surface area contributed by atoms with Gasteiger partial charge in [-0.3, -0.25) is 23.2 Å². The van der Waals surface area contributed by atoms with Crippen LogP contribution in [0.4, 0.5) is 0 Å². The SMILES string of the molecule is CCCCCCCCCCCCCCCC(=O)O[C@H](COC(=O)CCCCCCCCN)COP(=O)(O)OC1C(O)[C@@H](OP(=O)(O)O)C(O)[C@@H](O)[C@H]1O. The third-order valence-corrected chi connectivity index (χ3v) is 10.5. The van der Waals surface area contributed by atoms with E-state index in [1.807, 2.05) is 0 Å². The molecule has 0 bridgehead atoms. The largest absolute Gasteiger partial charge is 0.472 e. The molecular weight excluding hydrogens is 740 g/mol. The monoisotopic (exact) mass is 807 g/mol. The number of nitrogens with two attached hydrogens (primary N) is 1. The molecule has 0 aromatic carbocycles. The van der Waals surface area contributed by atoms with Gasteiger partial charge in [-0.25, -0.2) is 9.13 Å². The van der Waals surface area contributed by atoms with Gasteiger partial charge in [0, 0.05) is 12.8 Å². The second kappa shape index (κ2) is 28.4. The average Bonchev–Trinajstić information content (AvgIpc) is 3.10. The van der Waals surface area contributed by atoms with Crippen molar-refractivity contribution in [2.24, 2.45) is 5.73 Å². The molecule has 53 heavy (non-hydrogen) atoms.